The summed E-state index contributed by atoms with van der Waals surface area (Å²) in [4.78, 5) is 14.0. The molecule has 0 spiro atoms. The number of carbonyl (C=O) groups is 1. The zero-order valence-electron chi connectivity index (χ0n) is 9.74. The number of ether oxygens (including phenoxy) is 1. The van der Waals surface area contributed by atoms with E-state index < -0.39 is 0 Å². The molecule has 3 atom stereocenters. The van der Waals surface area contributed by atoms with E-state index in [4.69, 9.17) is 4.74 Å². The van der Waals surface area contributed by atoms with Crippen molar-refractivity contribution < 1.29 is 9.53 Å². The van der Waals surface area contributed by atoms with Gasteiger partial charge in [-0.25, -0.2) is 0 Å². The number of rotatable bonds is 3. The first-order chi connectivity index (χ1) is 7.20. The van der Waals surface area contributed by atoms with Crippen molar-refractivity contribution in [2.45, 2.75) is 57.2 Å². The normalized spacial score (nSPS) is 34.1. The molecule has 0 aromatic heterocycles. The minimum atomic E-state index is 0.279. The molecule has 2 aliphatic heterocycles. The van der Waals surface area contributed by atoms with Crippen molar-refractivity contribution in [3.63, 3.8) is 0 Å². The van der Waals surface area contributed by atoms with Crippen LogP contribution >= 0.6 is 0 Å². The molecule has 2 rings (SSSR count). The van der Waals surface area contributed by atoms with Crippen molar-refractivity contribution in [1.29, 1.82) is 0 Å². The van der Waals surface area contributed by atoms with Gasteiger partial charge in [0.1, 0.15) is 5.78 Å². The van der Waals surface area contributed by atoms with Crippen molar-refractivity contribution >= 4 is 5.78 Å². The molecule has 15 heavy (non-hydrogen) atoms. The van der Waals surface area contributed by atoms with Crippen LogP contribution in [0.3, 0.4) is 0 Å². The molecule has 2 saturated heterocycles. The average molecular weight is 211 g/mol. The van der Waals surface area contributed by atoms with E-state index in [1.807, 2.05) is 0 Å². The Balaban J connectivity index is 2.01. The number of Topliss-reactive ketones (excluding diaryl/α,β-unsaturated/α-hetero) is 1. The van der Waals surface area contributed by atoms with Crippen LogP contribution in [0.4, 0.5) is 0 Å². The Morgan fingerprint density at radius 1 is 1.40 bits per heavy atom. The third-order valence-electron chi connectivity index (χ3n) is 3.81. The molecular formula is C12H21NO2. The van der Waals surface area contributed by atoms with Crippen LogP contribution in [0.25, 0.3) is 0 Å². The maximum absolute atomic E-state index is 11.5. The lowest BCUT2D eigenvalue weighted by Crippen LogP contribution is -2.54. The number of hydrogen-bond donors (Lipinski definition) is 0. The zero-order valence-corrected chi connectivity index (χ0v) is 9.74. The molecule has 3 heteroatoms. The maximum Gasteiger partial charge on any atom is 0.136 e. The standard InChI is InChI=1S/C12H21NO2/c1-9(15-2)8-13-10-4-3-5-11(13)7-12(14)6-10/h9-11H,3-8H2,1-2H3. The number of ketones is 1. The molecule has 2 fully saturated rings. The first-order valence-electron chi connectivity index (χ1n) is 6.01. The second-order valence-electron chi connectivity index (χ2n) is 4.93. The van der Waals surface area contributed by atoms with Crippen LogP contribution in [-0.4, -0.2) is 42.5 Å². The van der Waals surface area contributed by atoms with E-state index in [-0.39, 0.29) is 6.10 Å². The second-order valence-corrected chi connectivity index (χ2v) is 4.93. The van der Waals surface area contributed by atoms with Crippen LogP contribution < -0.4 is 0 Å². The molecule has 2 aliphatic rings. The Kier molecular flexibility index (Phi) is 3.42. The number of nitrogens with zero attached hydrogens (tertiary/aromatic N) is 1. The molecule has 3 nitrogen and oxygen atoms in total. The van der Waals surface area contributed by atoms with E-state index in [0.717, 1.165) is 19.4 Å². The molecule has 0 radical (unpaired) electrons. The molecule has 0 aromatic carbocycles. The van der Waals surface area contributed by atoms with Gasteiger partial charge in [-0.05, 0) is 19.8 Å². The van der Waals surface area contributed by atoms with Crippen molar-refractivity contribution in [2.24, 2.45) is 0 Å². The van der Waals surface area contributed by atoms with Crippen LogP contribution in [0.2, 0.25) is 0 Å². The summed E-state index contributed by atoms with van der Waals surface area (Å²) < 4.78 is 5.32. The quantitative estimate of drug-likeness (QED) is 0.710. The van der Waals surface area contributed by atoms with Gasteiger partial charge >= 0.3 is 0 Å². The van der Waals surface area contributed by atoms with Crippen LogP contribution in [0.5, 0.6) is 0 Å². The van der Waals surface area contributed by atoms with Crippen molar-refractivity contribution in [3.8, 4) is 0 Å². The van der Waals surface area contributed by atoms with Crippen molar-refractivity contribution in [2.75, 3.05) is 13.7 Å². The fourth-order valence-corrected chi connectivity index (χ4v) is 2.94. The lowest BCUT2D eigenvalue weighted by atomic mass is 9.83. The van der Waals surface area contributed by atoms with Gasteiger partial charge in [-0.2, -0.15) is 0 Å². The van der Waals surface area contributed by atoms with Gasteiger partial charge < -0.3 is 4.74 Å². The van der Waals surface area contributed by atoms with Gasteiger partial charge in [-0.3, -0.25) is 9.69 Å². The second kappa shape index (κ2) is 4.62. The molecule has 2 bridgehead atoms. The van der Waals surface area contributed by atoms with E-state index in [1.165, 1.54) is 19.3 Å². The van der Waals surface area contributed by atoms with E-state index in [2.05, 4.69) is 11.8 Å². The highest BCUT2D eigenvalue weighted by molar-refractivity contribution is 5.80. The Labute approximate surface area is 91.8 Å². The summed E-state index contributed by atoms with van der Waals surface area (Å²) in [6.07, 6.45) is 5.50. The minimum absolute atomic E-state index is 0.279. The van der Waals surface area contributed by atoms with Crippen molar-refractivity contribution in [3.05, 3.63) is 0 Å². The zero-order chi connectivity index (χ0) is 10.8. The highest BCUT2D eigenvalue weighted by Gasteiger charge is 2.37. The van der Waals surface area contributed by atoms with Gasteiger partial charge in [0.05, 0.1) is 6.10 Å². The van der Waals surface area contributed by atoms with Crippen LogP contribution in [0.1, 0.15) is 39.0 Å². The monoisotopic (exact) mass is 211 g/mol. The van der Waals surface area contributed by atoms with Crippen LogP contribution in [0, 0.1) is 0 Å². The van der Waals surface area contributed by atoms with Gasteiger partial charge in [0.25, 0.3) is 0 Å². The summed E-state index contributed by atoms with van der Waals surface area (Å²) in [5.74, 6) is 0.464. The van der Waals surface area contributed by atoms with E-state index in [0.29, 0.717) is 17.9 Å². The van der Waals surface area contributed by atoms with Crippen LogP contribution in [-0.2, 0) is 9.53 Å². The summed E-state index contributed by atoms with van der Waals surface area (Å²) in [7, 11) is 1.76. The SMILES string of the molecule is COC(C)CN1C2CCCC1CC(=O)C2. The van der Waals surface area contributed by atoms with E-state index in [9.17, 15) is 4.79 Å². The number of fused-ring (bicyclic) bond motifs is 2. The molecule has 0 aliphatic carbocycles. The summed E-state index contributed by atoms with van der Waals surface area (Å²) >= 11 is 0. The lowest BCUT2D eigenvalue weighted by Gasteiger charge is -2.46. The Bertz CT molecular complexity index is 226. The van der Waals surface area contributed by atoms with E-state index in [1.54, 1.807) is 7.11 Å². The van der Waals surface area contributed by atoms with Gasteiger partial charge in [-0.15, -0.1) is 0 Å². The number of piperidine rings is 2. The highest BCUT2D eigenvalue weighted by Crippen LogP contribution is 2.32. The molecule has 0 saturated carbocycles. The number of methoxy groups -OCH3 is 1. The third kappa shape index (κ3) is 2.40. The first-order valence-corrected chi connectivity index (χ1v) is 6.01. The minimum Gasteiger partial charge on any atom is -0.380 e. The van der Waals surface area contributed by atoms with Gasteiger partial charge in [-0.1, -0.05) is 6.42 Å². The van der Waals surface area contributed by atoms with Gasteiger partial charge in [0, 0.05) is 38.6 Å². The predicted octanol–water partition coefficient (Wildman–Crippen LogP) is 1.61. The average Bonchev–Trinajstić information content (AvgIpc) is 2.19. The van der Waals surface area contributed by atoms with Crippen molar-refractivity contribution in [1.82, 2.24) is 4.90 Å². The smallest absolute Gasteiger partial charge is 0.136 e. The molecule has 0 N–H and O–H groups in total. The molecule has 0 aromatic rings. The van der Waals surface area contributed by atoms with Crippen LogP contribution in [0.15, 0.2) is 0 Å². The molecule has 0 amide bonds. The number of carbonyl (C=O) groups excluding carboxylic acids is 1. The first kappa shape index (κ1) is 11.1. The summed E-state index contributed by atoms with van der Waals surface area (Å²) in [5, 5.41) is 0. The largest absolute Gasteiger partial charge is 0.380 e. The molecule has 86 valence electrons. The van der Waals surface area contributed by atoms with Gasteiger partial charge in [0.15, 0.2) is 0 Å². The summed E-state index contributed by atoms with van der Waals surface area (Å²) in [6.45, 7) is 3.09. The fourth-order valence-electron chi connectivity index (χ4n) is 2.94. The lowest BCUT2D eigenvalue weighted by molar-refractivity contribution is -0.128. The number of hydrogen-bond acceptors (Lipinski definition) is 3. The fraction of sp³-hybridized carbons (Fsp3) is 0.917. The maximum atomic E-state index is 11.5. The summed E-state index contributed by atoms with van der Waals surface area (Å²) in [5.41, 5.74) is 0. The molecule has 3 unspecified atom stereocenters. The molecular weight excluding hydrogens is 190 g/mol. The third-order valence-corrected chi connectivity index (χ3v) is 3.81. The Morgan fingerprint density at radius 3 is 2.53 bits per heavy atom. The predicted molar refractivity (Wildman–Crippen MR) is 58.8 cm³/mol. The van der Waals surface area contributed by atoms with Gasteiger partial charge in [0.2, 0.25) is 0 Å². The Morgan fingerprint density at radius 2 is 2.00 bits per heavy atom. The topological polar surface area (TPSA) is 29.5 Å². The Hall–Kier alpha value is -0.410. The highest BCUT2D eigenvalue weighted by atomic mass is 16.5. The summed E-state index contributed by atoms with van der Waals surface area (Å²) in [6, 6.07) is 1.00. The van der Waals surface area contributed by atoms with E-state index >= 15 is 0 Å². The molecule has 2 heterocycles.